The van der Waals surface area contributed by atoms with E-state index in [0.717, 1.165) is 17.5 Å². The highest BCUT2D eigenvalue weighted by atomic mass is 15.2. The van der Waals surface area contributed by atoms with Gasteiger partial charge in [-0.05, 0) is 64.0 Å². The van der Waals surface area contributed by atoms with Crippen LogP contribution in [0, 0.1) is 5.41 Å². The molecule has 1 unspecified atom stereocenters. The molecule has 0 amide bonds. The van der Waals surface area contributed by atoms with Gasteiger partial charge in [0.2, 0.25) is 0 Å². The Morgan fingerprint density at radius 2 is 1.65 bits per heavy atom. The van der Waals surface area contributed by atoms with E-state index >= 15 is 0 Å². The zero-order valence-electron chi connectivity index (χ0n) is 11.4. The fraction of sp³-hybridized carbons (Fsp3) is 1.00. The average Bonchev–Trinajstić information content (AvgIpc) is 2.93. The third-order valence-corrected chi connectivity index (χ3v) is 5.57. The van der Waals surface area contributed by atoms with E-state index in [4.69, 9.17) is 0 Å². The van der Waals surface area contributed by atoms with Crippen LogP contribution in [0.5, 0.6) is 0 Å². The van der Waals surface area contributed by atoms with Crippen molar-refractivity contribution in [1.82, 2.24) is 10.2 Å². The minimum Gasteiger partial charge on any atom is -0.310 e. The molecule has 2 nitrogen and oxygen atoms in total. The Balaban J connectivity index is 1.45. The molecule has 1 aliphatic heterocycles. The van der Waals surface area contributed by atoms with Crippen molar-refractivity contribution >= 4 is 0 Å². The largest absolute Gasteiger partial charge is 0.310 e. The molecule has 1 spiro atoms. The van der Waals surface area contributed by atoms with Crippen molar-refractivity contribution in [1.29, 1.82) is 0 Å². The Labute approximate surface area is 106 Å². The molecule has 3 aliphatic rings. The molecule has 1 saturated heterocycles. The van der Waals surface area contributed by atoms with Gasteiger partial charge in [-0.2, -0.15) is 0 Å². The Morgan fingerprint density at radius 1 is 0.941 bits per heavy atom. The monoisotopic (exact) mass is 236 g/mol. The van der Waals surface area contributed by atoms with E-state index in [9.17, 15) is 0 Å². The number of hydrogen-bond donors (Lipinski definition) is 1. The Morgan fingerprint density at radius 3 is 2.24 bits per heavy atom. The molecule has 17 heavy (non-hydrogen) atoms. The summed E-state index contributed by atoms with van der Waals surface area (Å²) in [4.78, 5) is 2.46. The number of rotatable bonds is 2. The van der Waals surface area contributed by atoms with Gasteiger partial charge < -0.3 is 10.2 Å². The second-order valence-electron chi connectivity index (χ2n) is 6.90. The van der Waals surface area contributed by atoms with Crippen LogP contribution in [0.2, 0.25) is 0 Å². The first-order chi connectivity index (χ1) is 8.26. The van der Waals surface area contributed by atoms with Crippen LogP contribution < -0.4 is 5.32 Å². The van der Waals surface area contributed by atoms with E-state index in [1.54, 1.807) is 0 Å². The molecular formula is C15H28N2. The first-order valence-corrected chi connectivity index (χ1v) is 7.70. The van der Waals surface area contributed by atoms with Gasteiger partial charge in [0.1, 0.15) is 0 Å². The molecule has 0 aromatic heterocycles. The van der Waals surface area contributed by atoms with Gasteiger partial charge in [0, 0.05) is 18.6 Å². The number of likely N-dealkylation sites (N-methyl/N-ethyl adjacent to an activating group) is 1. The molecule has 0 radical (unpaired) electrons. The number of hydrogen-bond acceptors (Lipinski definition) is 2. The summed E-state index contributed by atoms with van der Waals surface area (Å²) >= 11 is 0. The number of nitrogens with zero attached hydrogens (tertiary/aromatic N) is 1. The third kappa shape index (κ3) is 2.68. The van der Waals surface area contributed by atoms with Gasteiger partial charge in [0.05, 0.1) is 0 Å². The van der Waals surface area contributed by atoms with E-state index in [0.29, 0.717) is 0 Å². The summed E-state index contributed by atoms with van der Waals surface area (Å²) in [7, 11) is 2.25. The molecule has 3 fully saturated rings. The van der Waals surface area contributed by atoms with E-state index in [1.807, 2.05) is 0 Å². The zero-order valence-corrected chi connectivity index (χ0v) is 11.4. The number of nitrogens with one attached hydrogen (secondary N) is 1. The first kappa shape index (κ1) is 12.0. The van der Waals surface area contributed by atoms with Gasteiger partial charge >= 0.3 is 0 Å². The lowest BCUT2D eigenvalue weighted by molar-refractivity contribution is 0.163. The van der Waals surface area contributed by atoms with Crippen molar-refractivity contribution in [2.24, 2.45) is 5.41 Å². The molecule has 0 bridgehead atoms. The van der Waals surface area contributed by atoms with Crippen LogP contribution in [0.1, 0.15) is 57.8 Å². The van der Waals surface area contributed by atoms with Crippen molar-refractivity contribution in [3.8, 4) is 0 Å². The molecule has 0 aromatic carbocycles. The van der Waals surface area contributed by atoms with Crippen LogP contribution in [-0.4, -0.2) is 37.1 Å². The Bertz CT molecular complexity index is 248. The molecule has 0 aromatic rings. The summed E-state index contributed by atoms with van der Waals surface area (Å²) in [5, 5.41) is 3.91. The molecule has 1 atom stereocenters. The molecular weight excluding hydrogens is 208 g/mol. The molecule has 1 heterocycles. The highest BCUT2D eigenvalue weighted by Crippen LogP contribution is 2.48. The maximum absolute atomic E-state index is 3.91. The summed E-state index contributed by atoms with van der Waals surface area (Å²) in [5.41, 5.74) is 0.796. The van der Waals surface area contributed by atoms with Crippen LogP contribution in [-0.2, 0) is 0 Å². The van der Waals surface area contributed by atoms with Crippen LogP contribution >= 0.6 is 0 Å². The van der Waals surface area contributed by atoms with Gasteiger partial charge in [0.25, 0.3) is 0 Å². The molecule has 1 N–H and O–H groups in total. The predicted molar refractivity (Wildman–Crippen MR) is 72.2 cm³/mol. The van der Waals surface area contributed by atoms with Gasteiger partial charge in [-0.25, -0.2) is 0 Å². The number of likely N-dealkylation sites (tertiary alicyclic amines) is 1. The zero-order chi connectivity index (χ0) is 11.7. The van der Waals surface area contributed by atoms with E-state index < -0.39 is 0 Å². The van der Waals surface area contributed by atoms with Crippen LogP contribution in [0.25, 0.3) is 0 Å². The summed E-state index contributed by atoms with van der Waals surface area (Å²) in [6.45, 7) is 2.55. The topological polar surface area (TPSA) is 15.3 Å². The fourth-order valence-electron chi connectivity index (χ4n) is 4.43. The highest BCUT2D eigenvalue weighted by molar-refractivity contribution is 4.93. The third-order valence-electron chi connectivity index (χ3n) is 5.57. The van der Waals surface area contributed by atoms with Crippen LogP contribution in [0.3, 0.4) is 0 Å². The summed E-state index contributed by atoms with van der Waals surface area (Å²) < 4.78 is 0. The molecule has 3 rings (SSSR count). The van der Waals surface area contributed by atoms with Crippen LogP contribution in [0.15, 0.2) is 0 Å². The summed E-state index contributed by atoms with van der Waals surface area (Å²) in [6.07, 6.45) is 13.3. The predicted octanol–water partition coefficient (Wildman–Crippen LogP) is 2.78. The minimum atomic E-state index is 0.780. The molecule has 98 valence electrons. The lowest BCUT2D eigenvalue weighted by Crippen LogP contribution is -2.43. The lowest BCUT2D eigenvalue weighted by Gasteiger charge is -2.38. The Hall–Kier alpha value is -0.0800. The Kier molecular flexibility index (Phi) is 3.45. The average molecular weight is 236 g/mol. The first-order valence-electron chi connectivity index (χ1n) is 7.70. The van der Waals surface area contributed by atoms with Crippen molar-refractivity contribution in [3.05, 3.63) is 0 Å². The smallest absolute Gasteiger partial charge is 0.0209 e. The molecule has 2 saturated carbocycles. The maximum atomic E-state index is 3.91. The van der Waals surface area contributed by atoms with Crippen molar-refractivity contribution in [3.63, 3.8) is 0 Å². The second kappa shape index (κ2) is 4.89. The van der Waals surface area contributed by atoms with Gasteiger partial charge in [-0.3, -0.25) is 0 Å². The van der Waals surface area contributed by atoms with E-state index in [1.165, 1.54) is 70.9 Å². The maximum Gasteiger partial charge on any atom is 0.0209 e. The lowest BCUT2D eigenvalue weighted by atomic mass is 9.71. The standard InChI is InChI=1S/C15H28N2/c1-17-11-6-14(12-17)16-13-4-9-15(10-5-13)7-2-3-8-15/h13-14,16H,2-12H2,1H3. The fourth-order valence-corrected chi connectivity index (χ4v) is 4.43. The quantitative estimate of drug-likeness (QED) is 0.793. The minimum absolute atomic E-state index is 0.780. The second-order valence-corrected chi connectivity index (χ2v) is 6.90. The van der Waals surface area contributed by atoms with Crippen molar-refractivity contribution < 1.29 is 0 Å². The summed E-state index contributed by atoms with van der Waals surface area (Å²) in [5.74, 6) is 0. The van der Waals surface area contributed by atoms with Gasteiger partial charge in [-0.15, -0.1) is 0 Å². The summed E-state index contributed by atoms with van der Waals surface area (Å²) in [6, 6.07) is 1.61. The van der Waals surface area contributed by atoms with E-state index in [-0.39, 0.29) is 0 Å². The van der Waals surface area contributed by atoms with Gasteiger partial charge in [0.15, 0.2) is 0 Å². The van der Waals surface area contributed by atoms with Crippen molar-refractivity contribution in [2.45, 2.75) is 69.9 Å². The van der Waals surface area contributed by atoms with E-state index in [2.05, 4.69) is 17.3 Å². The van der Waals surface area contributed by atoms with Gasteiger partial charge in [-0.1, -0.05) is 12.8 Å². The molecule has 2 aliphatic carbocycles. The SMILES string of the molecule is CN1CCC(NC2CCC3(CCCC3)CC2)C1. The van der Waals surface area contributed by atoms with Crippen LogP contribution in [0.4, 0.5) is 0 Å². The van der Waals surface area contributed by atoms with Crippen molar-refractivity contribution in [2.75, 3.05) is 20.1 Å². The molecule has 2 heteroatoms. The normalized spacial score (nSPS) is 34.8. The highest BCUT2D eigenvalue weighted by Gasteiger charge is 2.37.